The Morgan fingerprint density at radius 2 is 1.71 bits per heavy atom. The molecule has 3 aromatic carbocycles. The summed E-state index contributed by atoms with van der Waals surface area (Å²) >= 11 is 1.72. The summed E-state index contributed by atoms with van der Waals surface area (Å²) in [4.78, 5) is 3.42. The fourth-order valence-corrected chi connectivity index (χ4v) is 5.23. The lowest BCUT2D eigenvalue weighted by Crippen LogP contribution is -2.31. The summed E-state index contributed by atoms with van der Waals surface area (Å²) in [6.07, 6.45) is 3.15. The highest BCUT2D eigenvalue weighted by molar-refractivity contribution is 7.96. The molecule has 0 saturated heterocycles. The molecule has 2 nitrogen and oxygen atoms in total. The Bertz CT molecular complexity index is 1120. The normalized spacial score (nSPS) is 17.0. The van der Waals surface area contributed by atoms with Crippen molar-refractivity contribution in [2.24, 2.45) is 0 Å². The summed E-state index contributed by atoms with van der Waals surface area (Å²) in [6.45, 7) is 0.945. The molecular weight excluding hydrogens is 367 g/mol. The van der Waals surface area contributed by atoms with E-state index >= 15 is 0 Å². The largest absolute Gasteiger partial charge is 0.361 e. The molecule has 4 aromatic rings. The summed E-state index contributed by atoms with van der Waals surface area (Å²) in [7, 11) is 0. The summed E-state index contributed by atoms with van der Waals surface area (Å²) in [5, 5.41) is 1.25. The van der Waals surface area contributed by atoms with E-state index in [9.17, 15) is 4.39 Å². The first-order valence-corrected chi connectivity index (χ1v) is 10.5. The fraction of sp³-hybridized carbons (Fsp3) is 0.167. The number of benzene rings is 3. The molecule has 0 fully saturated rings. The maximum Gasteiger partial charge on any atom is 0.127 e. The molecule has 0 radical (unpaired) electrons. The molecular formula is C24H21FN2S. The van der Waals surface area contributed by atoms with E-state index in [1.54, 1.807) is 24.1 Å². The van der Waals surface area contributed by atoms with Gasteiger partial charge in [-0.15, -0.1) is 0 Å². The first-order valence-electron chi connectivity index (χ1n) is 9.58. The second-order valence-corrected chi connectivity index (χ2v) is 8.16. The van der Waals surface area contributed by atoms with Crippen molar-refractivity contribution < 1.29 is 4.39 Å². The van der Waals surface area contributed by atoms with Crippen molar-refractivity contribution in [1.82, 2.24) is 9.29 Å². The van der Waals surface area contributed by atoms with Crippen molar-refractivity contribution in [3.8, 4) is 0 Å². The van der Waals surface area contributed by atoms with Crippen molar-refractivity contribution in [2.75, 3.05) is 6.54 Å². The van der Waals surface area contributed by atoms with E-state index in [1.807, 2.05) is 12.1 Å². The van der Waals surface area contributed by atoms with Gasteiger partial charge in [-0.3, -0.25) is 0 Å². The molecule has 1 aromatic heterocycles. The Kier molecular flexibility index (Phi) is 4.67. The molecule has 0 saturated carbocycles. The zero-order valence-corrected chi connectivity index (χ0v) is 16.3. The Labute approximate surface area is 168 Å². The molecule has 0 aliphatic carbocycles. The second kappa shape index (κ2) is 7.46. The zero-order chi connectivity index (χ0) is 18.9. The topological polar surface area (TPSA) is 19.0 Å². The molecule has 0 bridgehead atoms. The summed E-state index contributed by atoms with van der Waals surface area (Å²) < 4.78 is 16.5. The molecule has 1 aliphatic rings. The van der Waals surface area contributed by atoms with Gasteiger partial charge in [0.25, 0.3) is 0 Å². The third kappa shape index (κ3) is 3.13. The van der Waals surface area contributed by atoms with Crippen LogP contribution in [0.15, 0.2) is 79.0 Å². The summed E-state index contributed by atoms with van der Waals surface area (Å²) in [5.74, 6) is 0.504. The Morgan fingerprint density at radius 1 is 0.929 bits per heavy atom. The lowest BCUT2D eigenvalue weighted by Gasteiger charge is -2.36. The lowest BCUT2D eigenvalue weighted by atomic mass is 9.90. The number of hydrogen-bond donors (Lipinski definition) is 1. The van der Waals surface area contributed by atoms with Crippen molar-refractivity contribution in [3.05, 3.63) is 107 Å². The van der Waals surface area contributed by atoms with E-state index in [-0.39, 0.29) is 11.9 Å². The van der Waals surface area contributed by atoms with Crippen LogP contribution in [0.1, 0.15) is 28.3 Å². The van der Waals surface area contributed by atoms with Crippen LogP contribution in [-0.2, 0) is 12.2 Å². The average molecular weight is 389 g/mol. The van der Waals surface area contributed by atoms with E-state index in [0.29, 0.717) is 5.75 Å². The molecule has 0 amide bonds. The molecule has 4 heteroatoms. The van der Waals surface area contributed by atoms with Gasteiger partial charge in [-0.1, -0.05) is 72.6 Å². The monoisotopic (exact) mass is 388 g/mol. The van der Waals surface area contributed by atoms with Gasteiger partial charge in [0.15, 0.2) is 0 Å². The molecule has 0 spiro atoms. The minimum Gasteiger partial charge on any atom is -0.361 e. The summed E-state index contributed by atoms with van der Waals surface area (Å²) in [5.41, 5.74) is 5.94. The van der Waals surface area contributed by atoms with Crippen LogP contribution < -0.4 is 0 Å². The highest BCUT2D eigenvalue weighted by Gasteiger charge is 2.30. The standard InChI is InChI=1S/C24H21FN2S/c25-22-11-5-2-8-18(22)16-28-27-14-13-17-7-1-3-9-19(17)24(27)21-15-26-23-12-6-4-10-20(21)23/h1-12,15,24,26H,13-14,16H2. The van der Waals surface area contributed by atoms with Gasteiger partial charge in [-0.2, -0.15) is 0 Å². The number of aromatic amines is 1. The lowest BCUT2D eigenvalue weighted by molar-refractivity contribution is 0.385. The van der Waals surface area contributed by atoms with Gasteiger partial charge in [0, 0.05) is 29.4 Å². The van der Waals surface area contributed by atoms with Crippen molar-refractivity contribution in [2.45, 2.75) is 18.2 Å². The van der Waals surface area contributed by atoms with E-state index < -0.39 is 0 Å². The maximum atomic E-state index is 14.1. The smallest absolute Gasteiger partial charge is 0.127 e. The van der Waals surface area contributed by atoms with Gasteiger partial charge in [-0.05, 0) is 40.8 Å². The van der Waals surface area contributed by atoms with E-state index in [1.165, 1.54) is 22.1 Å². The van der Waals surface area contributed by atoms with Gasteiger partial charge in [-0.25, -0.2) is 8.70 Å². The first-order chi connectivity index (χ1) is 13.8. The molecule has 5 rings (SSSR count). The predicted octanol–water partition coefficient (Wildman–Crippen LogP) is 6.10. The number of rotatable bonds is 4. The van der Waals surface area contributed by atoms with Crippen LogP contribution in [0.5, 0.6) is 0 Å². The van der Waals surface area contributed by atoms with Gasteiger partial charge >= 0.3 is 0 Å². The number of para-hydroxylation sites is 1. The molecule has 1 N–H and O–H groups in total. The number of nitrogens with zero attached hydrogens (tertiary/aromatic N) is 1. The SMILES string of the molecule is Fc1ccccc1CSN1CCc2ccccc2C1c1c[nH]c2ccccc12. The number of aromatic nitrogens is 1. The first kappa shape index (κ1) is 17.5. The van der Waals surface area contributed by atoms with Gasteiger partial charge < -0.3 is 4.98 Å². The van der Waals surface area contributed by atoms with Gasteiger partial charge in [0.2, 0.25) is 0 Å². The van der Waals surface area contributed by atoms with Crippen LogP contribution in [0.25, 0.3) is 10.9 Å². The highest BCUT2D eigenvalue weighted by Crippen LogP contribution is 2.42. The number of fused-ring (bicyclic) bond motifs is 2. The average Bonchev–Trinajstić information content (AvgIpc) is 3.16. The molecule has 2 heterocycles. The summed E-state index contributed by atoms with van der Waals surface area (Å²) in [6, 6.07) is 24.4. The Morgan fingerprint density at radius 3 is 2.64 bits per heavy atom. The molecule has 1 aliphatic heterocycles. The maximum absolute atomic E-state index is 14.1. The molecule has 1 atom stereocenters. The van der Waals surface area contributed by atoms with Crippen LogP contribution >= 0.6 is 11.9 Å². The minimum atomic E-state index is -0.129. The highest BCUT2D eigenvalue weighted by atomic mass is 32.2. The number of H-pyrrole nitrogens is 1. The van der Waals surface area contributed by atoms with Gasteiger partial charge in [0.05, 0.1) is 6.04 Å². The van der Waals surface area contributed by atoms with Crippen LogP contribution in [0.4, 0.5) is 4.39 Å². The third-order valence-electron chi connectivity index (χ3n) is 5.50. The Hall–Kier alpha value is -2.56. The number of halogens is 1. The predicted molar refractivity (Wildman–Crippen MR) is 115 cm³/mol. The van der Waals surface area contributed by atoms with Crippen LogP contribution in [0, 0.1) is 5.82 Å². The van der Waals surface area contributed by atoms with E-state index in [4.69, 9.17) is 0 Å². The molecule has 1 unspecified atom stereocenters. The quantitative estimate of drug-likeness (QED) is 0.426. The third-order valence-corrected chi connectivity index (χ3v) is 6.66. The Balaban J connectivity index is 1.54. The molecule has 28 heavy (non-hydrogen) atoms. The zero-order valence-electron chi connectivity index (χ0n) is 15.4. The van der Waals surface area contributed by atoms with Crippen LogP contribution in [0.3, 0.4) is 0 Å². The second-order valence-electron chi connectivity index (χ2n) is 7.15. The minimum absolute atomic E-state index is 0.129. The van der Waals surface area contributed by atoms with Crippen molar-refractivity contribution >= 4 is 22.9 Å². The van der Waals surface area contributed by atoms with Crippen LogP contribution in [0.2, 0.25) is 0 Å². The number of hydrogen-bond acceptors (Lipinski definition) is 2. The fourth-order valence-electron chi connectivity index (χ4n) is 4.09. The van der Waals surface area contributed by atoms with Crippen molar-refractivity contribution in [1.29, 1.82) is 0 Å². The van der Waals surface area contributed by atoms with Crippen molar-refractivity contribution in [3.63, 3.8) is 0 Å². The van der Waals surface area contributed by atoms with E-state index in [2.05, 4.69) is 64.0 Å². The number of nitrogens with one attached hydrogen (secondary N) is 1. The van der Waals surface area contributed by atoms with Crippen LogP contribution in [-0.4, -0.2) is 15.8 Å². The molecule has 140 valence electrons. The van der Waals surface area contributed by atoms with E-state index in [0.717, 1.165) is 24.0 Å². The van der Waals surface area contributed by atoms with Gasteiger partial charge in [0.1, 0.15) is 5.82 Å².